The fourth-order valence-electron chi connectivity index (χ4n) is 1.59. The molecule has 0 aromatic heterocycles. The summed E-state index contributed by atoms with van der Waals surface area (Å²) in [6.45, 7) is -0.657. The minimum Gasteiger partial charge on any atom is -0.508 e. The average molecular weight is 307 g/mol. The Morgan fingerprint density at radius 3 is 2.45 bits per heavy atom. The number of phenols is 1. The number of amides is 1. The van der Waals surface area contributed by atoms with Gasteiger partial charge < -0.3 is 15.2 Å². The highest BCUT2D eigenvalue weighted by molar-refractivity contribution is 5.95. The first kappa shape index (κ1) is 15.4. The summed E-state index contributed by atoms with van der Waals surface area (Å²) in [5.74, 6) is -3.13. The number of esters is 1. The Hall–Kier alpha value is -2.96. The molecule has 22 heavy (non-hydrogen) atoms. The molecule has 0 saturated carbocycles. The lowest BCUT2D eigenvalue weighted by Gasteiger charge is -2.07. The molecule has 0 radical (unpaired) electrons. The molecule has 0 aliphatic rings. The Balaban J connectivity index is 1.91. The predicted octanol–water partition coefficient (Wildman–Crippen LogP) is 2.47. The summed E-state index contributed by atoms with van der Waals surface area (Å²) in [6.07, 6.45) is 0. The van der Waals surface area contributed by atoms with E-state index in [-0.39, 0.29) is 17.0 Å². The molecule has 0 fully saturated rings. The minimum absolute atomic E-state index is 0.0177. The Morgan fingerprint density at radius 1 is 1.09 bits per heavy atom. The molecular formula is C15H11F2NO4. The van der Waals surface area contributed by atoms with Crippen molar-refractivity contribution in [2.75, 3.05) is 11.9 Å². The van der Waals surface area contributed by atoms with Crippen LogP contribution in [0.4, 0.5) is 14.5 Å². The molecule has 114 valence electrons. The first-order valence-corrected chi connectivity index (χ1v) is 6.17. The summed E-state index contributed by atoms with van der Waals surface area (Å²) >= 11 is 0. The number of phenolic OH excluding ortho intramolecular Hbond substituents is 1. The molecule has 2 rings (SSSR count). The van der Waals surface area contributed by atoms with E-state index in [0.717, 1.165) is 18.2 Å². The van der Waals surface area contributed by atoms with E-state index < -0.39 is 30.1 Å². The Kier molecular flexibility index (Phi) is 4.67. The van der Waals surface area contributed by atoms with Gasteiger partial charge in [-0.3, -0.25) is 4.79 Å². The first-order chi connectivity index (χ1) is 10.5. The molecule has 0 aliphatic heterocycles. The third-order valence-electron chi connectivity index (χ3n) is 2.64. The second-order valence-electron chi connectivity index (χ2n) is 4.30. The van der Waals surface area contributed by atoms with Crippen LogP contribution in [0.2, 0.25) is 0 Å². The maximum Gasteiger partial charge on any atom is 0.338 e. The van der Waals surface area contributed by atoms with E-state index in [0.29, 0.717) is 0 Å². The van der Waals surface area contributed by atoms with Crippen LogP contribution in [0.1, 0.15) is 10.4 Å². The number of hydrogen-bond acceptors (Lipinski definition) is 4. The number of nitrogens with one attached hydrogen (secondary N) is 1. The molecule has 0 atom stereocenters. The molecule has 0 aliphatic carbocycles. The van der Waals surface area contributed by atoms with Gasteiger partial charge >= 0.3 is 5.97 Å². The van der Waals surface area contributed by atoms with Gasteiger partial charge in [-0.2, -0.15) is 0 Å². The van der Waals surface area contributed by atoms with Gasteiger partial charge in [0.1, 0.15) is 17.4 Å². The van der Waals surface area contributed by atoms with Crippen LogP contribution in [0.3, 0.4) is 0 Å². The maximum atomic E-state index is 13.3. The van der Waals surface area contributed by atoms with E-state index in [9.17, 15) is 18.4 Å². The fraction of sp³-hybridized carbons (Fsp3) is 0.0667. The number of carbonyl (C=O) groups is 2. The van der Waals surface area contributed by atoms with Crippen molar-refractivity contribution in [3.63, 3.8) is 0 Å². The molecule has 0 bridgehead atoms. The third kappa shape index (κ3) is 4.02. The highest BCUT2D eigenvalue weighted by atomic mass is 19.1. The fourth-order valence-corrected chi connectivity index (χ4v) is 1.59. The second-order valence-corrected chi connectivity index (χ2v) is 4.30. The lowest BCUT2D eigenvalue weighted by atomic mass is 10.2. The normalized spacial score (nSPS) is 10.1. The van der Waals surface area contributed by atoms with Crippen LogP contribution in [0.5, 0.6) is 5.75 Å². The highest BCUT2D eigenvalue weighted by Gasteiger charge is 2.12. The topological polar surface area (TPSA) is 75.6 Å². The predicted molar refractivity (Wildman–Crippen MR) is 73.4 cm³/mol. The molecule has 0 saturated heterocycles. The first-order valence-electron chi connectivity index (χ1n) is 6.17. The van der Waals surface area contributed by atoms with E-state index in [2.05, 4.69) is 5.32 Å². The SMILES string of the molecule is O=C(COC(=O)c1ccc(O)cc1)Nc1cc(F)ccc1F. The van der Waals surface area contributed by atoms with Gasteiger partial charge in [-0.1, -0.05) is 0 Å². The molecule has 0 spiro atoms. The van der Waals surface area contributed by atoms with Crippen LogP contribution in [0, 0.1) is 11.6 Å². The lowest BCUT2D eigenvalue weighted by Crippen LogP contribution is -2.21. The van der Waals surface area contributed by atoms with Crippen LogP contribution < -0.4 is 5.32 Å². The zero-order valence-corrected chi connectivity index (χ0v) is 11.2. The Morgan fingerprint density at radius 2 is 1.77 bits per heavy atom. The number of benzene rings is 2. The number of hydrogen-bond donors (Lipinski definition) is 2. The standard InChI is InChI=1S/C15H11F2NO4/c16-10-3-6-12(17)13(7-10)18-14(20)8-22-15(21)9-1-4-11(19)5-2-9/h1-7,19H,8H2,(H,18,20). The summed E-state index contributed by atoms with van der Waals surface area (Å²) in [5.41, 5.74) is -0.201. The lowest BCUT2D eigenvalue weighted by molar-refractivity contribution is -0.119. The quantitative estimate of drug-likeness (QED) is 0.851. The van der Waals surface area contributed by atoms with E-state index in [1.54, 1.807) is 0 Å². The smallest absolute Gasteiger partial charge is 0.338 e. The minimum atomic E-state index is -0.809. The monoisotopic (exact) mass is 307 g/mol. The molecule has 0 heterocycles. The zero-order valence-electron chi connectivity index (χ0n) is 11.2. The van der Waals surface area contributed by atoms with Gasteiger partial charge in [-0.15, -0.1) is 0 Å². The van der Waals surface area contributed by atoms with Gasteiger partial charge in [-0.25, -0.2) is 13.6 Å². The number of carbonyl (C=O) groups excluding carboxylic acids is 2. The number of ether oxygens (including phenoxy) is 1. The molecule has 0 unspecified atom stereocenters. The van der Waals surface area contributed by atoms with Crippen molar-refractivity contribution in [2.24, 2.45) is 0 Å². The summed E-state index contributed by atoms with van der Waals surface area (Å²) in [6, 6.07) is 7.82. The van der Waals surface area contributed by atoms with Crippen molar-refractivity contribution in [1.29, 1.82) is 0 Å². The third-order valence-corrected chi connectivity index (χ3v) is 2.64. The van der Waals surface area contributed by atoms with Gasteiger partial charge in [0, 0.05) is 6.07 Å². The summed E-state index contributed by atoms with van der Waals surface area (Å²) in [7, 11) is 0. The van der Waals surface area contributed by atoms with E-state index >= 15 is 0 Å². The van der Waals surface area contributed by atoms with Crippen molar-refractivity contribution < 1.29 is 28.2 Å². The molecule has 2 N–H and O–H groups in total. The van der Waals surface area contributed by atoms with Crippen LogP contribution >= 0.6 is 0 Å². The van der Waals surface area contributed by atoms with Crippen molar-refractivity contribution in [2.45, 2.75) is 0 Å². The van der Waals surface area contributed by atoms with E-state index in [1.165, 1.54) is 24.3 Å². The average Bonchev–Trinajstić information content (AvgIpc) is 2.49. The maximum absolute atomic E-state index is 13.3. The number of anilines is 1. The number of aromatic hydroxyl groups is 1. The molecule has 2 aromatic carbocycles. The zero-order chi connectivity index (χ0) is 16.1. The summed E-state index contributed by atoms with van der Waals surface area (Å²) in [4.78, 5) is 23.2. The van der Waals surface area contributed by atoms with Gasteiger partial charge in [0.05, 0.1) is 11.3 Å². The summed E-state index contributed by atoms with van der Waals surface area (Å²) < 4.78 is 31.0. The van der Waals surface area contributed by atoms with Crippen LogP contribution in [0.15, 0.2) is 42.5 Å². The van der Waals surface area contributed by atoms with E-state index in [1.807, 2.05) is 0 Å². The summed E-state index contributed by atoms with van der Waals surface area (Å²) in [5, 5.41) is 11.2. The largest absolute Gasteiger partial charge is 0.508 e. The van der Waals surface area contributed by atoms with Gasteiger partial charge in [0.15, 0.2) is 6.61 Å². The van der Waals surface area contributed by atoms with Crippen LogP contribution in [-0.4, -0.2) is 23.6 Å². The van der Waals surface area contributed by atoms with Crippen molar-refractivity contribution >= 4 is 17.6 Å². The molecule has 5 nitrogen and oxygen atoms in total. The van der Waals surface area contributed by atoms with Crippen molar-refractivity contribution in [3.05, 3.63) is 59.7 Å². The van der Waals surface area contributed by atoms with Crippen LogP contribution in [0.25, 0.3) is 0 Å². The molecule has 7 heteroatoms. The Labute approximate surface area is 124 Å². The second kappa shape index (κ2) is 6.66. The Bertz CT molecular complexity index is 701. The van der Waals surface area contributed by atoms with E-state index in [4.69, 9.17) is 9.84 Å². The highest BCUT2D eigenvalue weighted by Crippen LogP contribution is 2.15. The van der Waals surface area contributed by atoms with Gasteiger partial charge in [0.2, 0.25) is 0 Å². The molecule has 1 amide bonds. The van der Waals surface area contributed by atoms with Crippen LogP contribution in [-0.2, 0) is 9.53 Å². The van der Waals surface area contributed by atoms with Crippen molar-refractivity contribution in [3.8, 4) is 5.75 Å². The number of rotatable bonds is 4. The number of halogens is 2. The van der Waals surface area contributed by atoms with Crippen molar-refractivity contribution in [1.82, 2.24) is 0 Å². The van der Waals surface area contributed by atoms with Gasteiger partial charge in [0.25, 0.3) is 5.91 Å². The molecular weight excluding hydrogens is 296 g/mol. The van der Waals surface area contributed by atoms with Gasteiger partial charge in [-0.05, 0) is 36.4 Å². The molecule has 2 aromatic rings.